The van der Waals surface area contributed by atoms with Crippen LogP contribution in [0.25, 0.3) is 0 Å². The lowest BCUT2D eigenvalue weighted by molar-refractivity contribution is 0.0449. The van der Waals surface area contributed by atoms with Gasteiger partial charge in [-0.15, -0.1) is 0 Å². The first-order valence-corrected chi connectivity index (χ1v) is 14.8. The van der Waals surface area contributed by atoms with Crippen LogP contribution in [0.2, 0.25) is 0 Å². The molecule has 1 saturated carbocycles. The molecule has 1 spiro atoms. The highest BCUT2D eigenvalue weighted by molar-refractivity contribution is 5.99. The van der Waals surface area contributed by atoms with Crippen molar-refractivity contribution in [2.45, 2.75) is 50.7 Å². The number of fused-ring (bicyclic) bond motifs is 2. The molecule has 2 atom stereocenters. The van der Waals surface area contributed by atoms with Crippen LogP contribution < -0.4 is 10.1 Å². The summed E-state index contributed by atoms with van der Waals surface area (Å²) in [7, 11) is 3.86. The second-order valence-electron chi connectivity index (χ2n) is 11.9. The van der Waals surface area contributed by atoms with E-state index in [0.29, 0.717) is 35.9 Å². The Hall–Kier alpha value is -3.64. The Balaban J connectivity index is 1.44. The second-order valence-corrected chi connectivity index (χ2v) is 11.9. The largest absolute Gasteiger partial charge is 0.491 e. The first kappa shape index (κ1) is 29.4. The number of anilines is 1. The number of rotatable bonds is 9. The zero-order chi connectivity index (χ0) is 30.5. The molecule has 3 aromatic rings. The third kappa shape index (κ3) is 5.24. The summed E-state index contributed by atoms with van der Waals surface area (Å²) in [6.07, 6.45) is 4.26. The maximum absolute atomic E-state index is 15.6. The average Bonchev–Trinajstić information content (AvgIpc) is 3.27. The van der Waals surface area contributed by atoms with Gasteiger partial charge >= 0.3 is 0 Å². The molecule has 1 amide bonds. The lowest BCUT2D eigenvalue weighted by atomic mass is 9.80. The average molecular weight is 598 g/mol. The van der Waals surface area contributed by atoms with Crippen LogP contribution in [0.15, 0.2) is 36.8 Å². The van der Waals surface area contributed by atoms with Crippen molar-refractivity contribution in [1.82, 2.24) is 29.2 Å². The number of aromatic nitrogens is 3. The summed E-state index contributed by atoms with van der Waals surface area (Å²) in [5.41, 5.74) is 1.27. The molecular formula is C31H38F3N7O2. The van der Waals surface area contributed by atoms with Crippen molar-refractivity contribution in [3.05, 3.63) is 70.6 Å². The molecule has 1 aliphatic carbocycles. The van der Waals surface area contributed by atoms with E-state index in [2.05, 4.69) is 32.1 Å². The number of benzene rings is 1. The minimum atomic E-state index is -2.96. The molecule has 1 aromatic carbocycles. The van der Waals surface area contributed by atoms with Crippen LogP contribution in [0.5, 0.6) is 5.75 Å². The van der Waals surface area contributed by atoms with Gasteiger partial charge in [-0.25, -0.2) is 18.2 Å². The van der Waals surface area contributed by atoms with Crippen molar-refractivity contribution in [3.63, 3.8) is 0 Å². The number of pyridine rings is 1. The van der Waals surface area contributed by atoms with Gasteiger partial charge in [-0.3, -0.25) is 14.7 Å². The molecule has 12 heteroatoms. The van der Waals surface area contributed by atoms with Crippen molar-refractivity contribution in [2.24, 2.45) is 0 Å². The first-order valence-electron chi connectivity index (χ1n) is 14.8. The number of hydrogen-bond acceptors (Lipinski definition) is 7. The molecule has 0 radical (unpaired) electrons. The number of piperazine rings is 1. The number of carbonyl (C=O) groups is 1. The maximum atomic E-state index is 15.6. The predicted molar refractivity (Wildman–Crippen MR) is 156 cm³/mol. The summed E-state index contributed by atoms with van der Waals surface area (Å²) >= 11 is 0. The fraction of sp³-hybridized carbons (Fsp3) is 0.516. The molecule has 2 aliphatic heterocycles. The Bertz CT molecular complexity index is 1520. The van der Waals surface area contributed by atoms with Gasteiger partial charge in [0.05, 0.1) is 36.5 Å². The van der Waals surface area contributed by atoms with E-state index < -0.39 is 23.2 Å². The Morgan fingerprint density at radius 1 is 1.12 bits per heavy atom. The van der Waals surface area contributed by atoms with Crippen molar-refractivity contribution in [1.29, 1.82) is 0 Å². The molecule has 9 nitrogen and oxygen atoms in total. The van der Waals surface area contributed by atoms with Gasteiger partial charge in [-0.1, -0.05) is 6.07 Å². The van der Waals surface area contributed by atoms with Crippen LogP contribution in [0.1, 0.15) is 59.1 Å². The standard InChI is InChI=1S/C31H38F3N7O2/c1-5-43-26-14-25(37-15-24(26)32)20(2)41-19-30(18-31(30,33)34)27-22(17-39-10-8-38(4)9-11-39)12-21(13-23(27)28(41)42)16-40-7-6-36-29(40)35-3/h6-7,12-15,20H,5,8-11,16-19H2,1-4H3,(H,35,36)/t20-,30-/m0/s1. The molecule has 0 unspecified atom stereocenters. The number of nitrogens with zero attached hydrogens (tertiary/aromatic N) is 6. The number of imidazole rings is 1. The van der Waals surface area contributed by atoms with E-state index in [1.165, 1.54) is 11.0 Å². The number of alkyl halides is 2. The van der Waals surface area contributed by atoms with Gasteiger partial charge in [0, 0.05) is 76.8 Å². The van der Waals surface area contributed by atoms with Crippen LogP contribution in [0.3, 0.4) is 0 Å². The molecule has 2 fully saturated rings. The lowest BCUT2D eigenvalue weighted by Gasteiger charge is -2.40. The third-order valence-electron chi connectivity index (χ3n) is 9.11. The predicted octanol–water partition coefficient (Wildman–Crippen LogP) is 4.15. The molecule has 0 bridgehead atoms. The number of hydrogen-bond donors (Lipinski definition) is 1. The number of amides is 1. The SMILES string of the molecule is CCOc1cc([C@H](C)N2C[C@@]3(CC3(F)F)c3c(CN4CCN(C)CC4)cc(Cn4ccnc4NC)cc3C2=O)ncc1F. The zero-order valence-electron chi connectivity index (χ0n) is 25.0. The number of nitrogens with one attached hydrogen (secondary N) is 1. The van der Waals surface area contributed by atoms with E-state index >= 15 is 8.78 Å². The lowest BCUT2D eigenvalue weighted by Crippen LogP contribution is -2.48. The molecule has 1 N–H and O–H groups in total. The minimum absolute atomic E-state index is 0.0214. The van der Waals surface area contributed by atoms with Crippen molar-refractivity contribution >= 4 is 11.9 Å². The summed E-state index contributed by atoms with van der Waals surface area (Å²) in [5.74, 6) is -3.22. The smallest absolute Gasteiger partial charge is 0.260 e. The Morgan fingerprint density at radius 3 is 2.53 bits per heavy atom. The van der Waals surface area contributed by atoms with Crippen LogP contribution in [0, 0.1) is 5.82 Å². The van der Waals surface area contributed by atoms with Crippen LogP contribution in [-0.2, 0) is 18.5 Å². The summed E-state index contributed by atoms with van der Waals surface area (Å²) in [4.78, 5) is 28.8. The summed E-state index contributed by atoms with van der Waals surface area (Å²) < 4.78 is 52.8. The molecule has 43 heavy (non-hydrogen) atoms. The van der Waals surface area contributed by atoms with E-state index in [1.807, 2.05) is 16.8 Å². The van der Waals surface area contributed by atoms with E-state index in [9.17, 15) is 9.18 Å². The first-order chi connectivity index (χ1) is 20.6. The molecule has 1 saturated heterocycles. The number of likely N-dealkylation sites (N-methyl/N-ethyl adjacent to an activating group) is 1. The van der Waals surface area contributed by atoms with Gasteiger partial charge in [-0.2, -0.15) is 0 Å². The quantitative estimate of drug-likeness (QED) is 0.397. The van der Waals surface area contributed by atoms with Gasteiger partial charge in [0.1, 0.15) is 0 Å². The van der Waals surface area contributed by atoms with Crippen molar-refractivity contribution < 1.29 is 22.7 Å². The molecule has 2 aromatic heterocycles. The molecule has 4 heterocycles. The fourth-order valence-electron chi connectivity index (χ4n) is 6.60. The Kier molecular flexibility index (Phi) is 7.62. The molecule has 6 rings (SSSR count). The topological polar surface area (TPSA) is 78.8 Å². The highest BCUT2D eigenvalue weighted by Crippen LogP contribution is 2.65. The van der Waals surface area contributed by atoms with Gasteiger partial charge in [0.2, 0.25) is 5.95 Å². The Labute approximate surface area is 249 Å². The van der Waals surface area contributed by atoms with Crippen LogP contribution >= 0.6 is 0 Å². The summed E-state index contributed by atoms with van der Waals surface area (Å²) in [6.45, 7) is 7.93. The van der Waals surface area contributed by atoms with E-state index in [4.69, 9.17) is 4.74 Å². The van der Waals surface area contributed by atoms with Gasteiger partial charge in [-0.05, 0) is 43.7 Å². The highest BCUT2D eigenvalue weighted by atomic mass is 19.3. The highest BCUT2D eigenvalue weighted by Gasteiger charge is 2.75. The van der Waals surface area contributed by atoms with E-state index in [-0.39, 0.29) is 31.2 Å². The van der Waals surface area contributed by atoms with Crippen LogP contribution in [0.4, 0.5) is 19.1 Å². The van der Waals surface area contributed by atoms with Crippen LogP contribution in [-0.4, -0.2) is 94.5 Å². The summed E-state index contributed by atoms with van der Waals surface area (Å²) in [5, 5.41) is 3.06. The third-order valence-corrected chi connectivity index (χ3v) is 9.11. The zero-order valence-corrected chi connectivity index (χ0v) is 25.0. The number of carbonyl (C=O) groups excluding carboxylic acids is 1. The monoisotopic (exact) mass is 597 g/mol. The second kappa shape index (κ2) is 11.1. The normalized spacial score (nSPS) is 22.5. The van der Waals surface area contributed by atoms with Crippen molar-refractivity contribution in [2.75, 3.05) is 58.7 Å². The van der Waals surface area contributed by atoms with Gasteiger partial charge in [0.15, 0.2) is 11.6 Å². The number of halogens is 3. The van der Waals surface area contributed by atoms with Gasteiger partial charge in [0.25, 0.3) is 11.8 Å². The van der Waals surface area contributed by atoms with E-state index in [1.54, 1.807) is 33.2 Å². The molecule has 3 aliphatic rings. The number of ether oxygens (including phenoxy) is 1. The molecule has 230 valence electrons. The maximum Gasteiger partial charge on any atom is 0.260 e. The van der Waals surface area contributed by atoms with Crippen molar-refractivity contribution in [3.8, 4) is 5.75 Å². The van der Waals surface area contributed by atoms with E-state index in [0.717, 1.165) is 43.5 Å². The van der Waals surface area contributed by atoms with Gasteiger partial charge < -0.3 is 24.4 Å². The Morgan fingerprint density at radius 2 is 1.86 bits per heavy atom. The summed E-state index contributed by atoms with van der Waals surface area (Å²) in [6, 6.07) is 4.54. The fourth-order valence-corrected chi connectivity index (χ4v) is 6.60. The minimum Gasteiger partial charge on any atom is -0.491 e. The molecular weight excluding hydrogens is 559 g/mol.